The number of ether oxygens (including phenoxy) is 2. The third-order valence-corrected chi connectivity index (χ3v) is 10.3. The minimum absolute atomic E-state index is 0.132. The van der Waals surface area contributed by atoms with E-state index in [0.717, 1.165) is 12.8 Å². The van der Waals surface area contributed by atoms with Crippen LogP contribution in [0.3, 0.4) is 0 Å². The van der Waals surface area contributed by atoms with Crippen LogP contribution in [0.2, 0.25) is 0 Å². The molecule has 0 N–H and O–H groups in total. The van der Waals surface area contributed by atoms with E-state index < -0.39 is 0 Å². The summed E-state index contributed by atoms with van der Waals surface area (Å²) in [5.41, 5.74) is 0. The molecule has 0 radical (unpaired) electrons. The maximum atomic E-state index is 13.0. The Morgan fingerprint density at radius 3 is 1.46 bits per heavy atom. The highest BCUT2D eigenvalue weighted by atomic mass is 16.6. The van der Waals surface area contributed by atoms with Crippen LogP contribution in [0.1, 0.15) is 25.7 Å². The zero-order valence-electron chi connectivity index (χ0n) is 13.5. The molecule has 2 heterocycles. The summed E-state index contributed by atoms with van der Waals surface area (Å²) in [6, 6.07) is 0. The molecule has 0 amide bonds. The van der Waals surface area contributed by atoms with Crippen molar-refractivity contribution in [2.45, 2.75) is 37.9 Å². The van der Waals surface area contributed by atoms with Gasteiger partial charge in [-0.2, -0.15) is 0 Å². The van der Waals surface area contributed by atoms with Crippen LogP contribution in [0.25, 0.3) is 0 Å². The molecule has 2 aliphatic heterocycles. The molecule has 4 nitrogen and oxygen atoms in total. The fourth-order valence-electron chi connectivity index (χ4n) is 10.5. The summed E-state index contributed by atoms with van der Waals surface area (Å²) in [6.07, 6.45) is 4.73. The second-order valence-corrected chi connectivity index (χ2v) is 10.1. The van der Waals surface area contributed by atoms with Crippen molar-refractivity contribution in [2.75, 3.05) is 0 Å². The van der Waals surface area contributed by atoms with E-state index in [9.17, 15) is 9.59 Å². The summed E-state index contributed by atoms with van der Waals surface area (Å²) in [5.74, 6) is 6.37. The Labute approximate surface area is 140 Å². The topological polar surface area (TPSA) is 52.6 Å². The van der Waals surface area contributed by atoms with Gasteiger partial charge in [-0.25, -0.2) is 0 Å². The van der Waals surface area contributed by atoms with Crippen molar-refractivity contribution >= 4 is 11.9 Å². The molecule has 6 saturated carbocycles. The lowest BCUT2D eigenvalue weighted by atomic mass is 9.70. The minimum Gasteiger partial charge on any atom is -0.462 e. The summed E-state index contributed by atoms with van der Waals surface area (Å²) in [6.45, 7) is 0. The molecular formula is C20H22O4. The van der Waals surface area contributed by atoms with Crippen molar-refractivity contribution in [3.8, 4) is 0 Å². The first kappa shape index (κ1) is 12.3. The zero-order chi connectivity index (χ0) is 15.5. The molecule has 14 atom stereocenters. The van der Waals surface area contributed by atoms with Crippen molar-refractivity contribution < 1.29 is 19.1 Å². The summed E-state index contributed by atoms with van der Waals surface area (Å²) in [7, 11) is 0. The molecule has 4 heteroatoms. The Morgan fingerprint density at radius 1 is 0.542 bits per heavy atom. The Balaban J connectivity index is 1.41. The Bertz CT molecular complexity index is 656. The van der Waals surface area contributed by atoms with E-state index in [1.807, 2.05) is 0 Å². The number of hydrogen-bond acceptors (Lipinski definition) is 4. The second-order valence-electron chi connectivity index (χ2n) is 10.1. The number of fused-ring (bicyclic) bond motifs is 4. The molecule has 2 saturated heterocycles. The van der Waals surface area contributed by atoms with Crippen LogP contribution in [0.5, 0.6) is 0 Å². The molecule has 8 aliphatic rings. The van der Waals surface area contributed by atoms with Crippen LogP contribution in [0, 0.1) is 71.0 Å². The maximum Gasteiger partial charge on any atom is 0.309 e. The molecule has 0 aromatic carbocycles. The number of hydrogen-bond donors (Lipinski definition) is 0. The molecular weight excluding hydrogens is 304 g/mol. The summed E-state index contributed by atoms with van der Waals surface area (Å²) in [5, 5.41) is 0. The standard InChI is InChI=1S/C20H22O4/c21-19-17-11-5-1-3-7-9(5)13-15(11)16-12(18(13)20(22)23-7)6-2-4-8(24-19)10(6)14(16)17/h5-18H,1-4H2/t5-,6-,7-,8+,9+,10+,11+,12-,13+,14-,15+,16+,17-,18+/m1/s1. The monoisotopic (exact) mass is 326 g/mol. The highest BCUT2D eigenvalue weighted by molar-refractivity contribution is 5.79. The molecule has 126 valence electrons. The summed E-state index contributed by atoms with van der Waals surface area (Å²) < 4.78 is 12.0. The average molecular weight is 326 g/mol. The first-order chi connectivity index (χ1) is 11.8. The van der Waals surface area contributed by atoms with Gasteiger partial charge in [-0.1, -0.05) is 0 Å². The van der Waals surface area contributed by atoms with Gasteiger partial charge < -0.3 is 9.47 Å². The first-order valence-corrected chi connectivity index (χ1v) is 10.2. The molecule has 0 bridgehead atoms. The van der Waals surface area contributed by atoms with Crippen LogP contribution in [-0.4, -0.2) is 24.1 Å². The molecule has 0 aromatic rings. The largest absolute Gasteiger partial charge is 0.462 e. The summed E-state index contributed by atoms with van der Waals surface area (Å²) in [4.78, 5) is 25.9. The average Bonchev–Trinajstić information content (AvgIpc) is 3.29. The van der Waals surface area contributed by atoms with Crippen LogP contribution in [-0.2, 0) is 19.1 Å². The van der Waals surface area contributed by atoms with E-state index in [1.165, 1.54) is 12.8 Å². The van der Waals surface area contributed by atoms with Gasteiger partial charge in [0, 0.05) is 11.8 Å². The van der Waals surface area contributed by atoms with E-state index in [-0.39, 0.29) is 36.0 Å². The smallest absolute Gasteiger partial charge is 0.309 e. The van der Waals surface area contributed by atoms with E-state index in [2.05, 4.69) is 0 Å². The van der Waals surface area contributed by atoms with Gasteiger partial charge in [0.05, 0.1) is 11.8 Å². The van der Waals surface area contributed by atoms with Crippen LogP contribution >= 0.6 is 0 Å². The third kappa shape index (κ3) is 0.964. The van der Waals surface area contributed by atoms with Crippen molar-refractivity contribution in [3.05, 3.63) is 0 Å². The van der Waals surface area contributed by atoms with E-state index in [0.29, 0.717) is 59.2 Å². The van der Waals surface area contributed by atoms with E-state index in [4.69, 9.17) is 9.47 Å². The van der Waals surface area contributed by atoms with E-state index in [1.54, 1.807) is 0 Å². The van der Waals surface area contributed by atoms with Gasteiger partial charge in [-0.15, -0.1) is 0 Å². The van der Waals surface area contributed by atoms with Gasteiger partial charge in [-0.3, -0.25) is 9.59 Å². The van der Waals surface area contributed by atoms with Gasteiger partial charge in [-0.05, 0) is 73.0 Å². The first-order valence-electron chi connectivity index (χ1n) is 10.2. The van der Waals surface area contributed by atoms with Crippen LogP contribution in [0.15, 0.2) is 0 Å². The lowest BCUT2D eigenvalue weighted by Crippen LogP contribution is -2.46. The number of carbonyl (C=O) groups is 2. The molecule has 0 unspecified atom stereocenters. The predicted molar refractivity (Wildman–Crippen MR) is 80.1 cm³/mol. The van der Waals surface area contributed by atoms with Crippen molar-refractivity contribution in [3.63, 3.8) is 0 Å². The predicted octanol–water partition coefficient (Wildman–Crippen LogP) is 1.87. The fraction of sp³-hybridized carbons (Fsp3) is 0.900. The van der Waals surface area contributed by atoms with Crippen LogP contribution in [0.4, 0.5) is 0 Å². The van der Waals surface area contributed by atoms with Gasteiger partial charge in [0.25, 0.3) is 0 Å². The lowest BCUT2D eigenvalue weighted by Gasteiger charge is -2.40. The molecule has 24 heavy (non-hydrogen) atoms. The van der Waals surface area contributed by atoms with Gasteiger partial charge in [0.1, 0.15) is 12.2 Å². The lowest BCUT2D eigenvalue weighted by molar-refractivity contribution is -0.175. The number of rotatable bonds is 0. The Morgan fingerprint density at radius 2 is 1.00 bits per heavy atom. The highest BCUT2D eigenvalue weighted by Gasteiger charge is 2.82. The van der Waals surface area contributed by atoms with Gasteiger partial charge in [0.15, 0.2) is 0 Å². The van der Waals surface area contributed by atoms with Crippen molar-refractivity contribution in [2.24, 2.45) is 71.0 Å². The second kappa shape index (κ2) is 3.43. The molecule has 0 aromatic heterocycles. The number of esters is 2. The zero-order valence-corrected chi connectivity index (χ0v) is 13.5. The van der Waals surface area contributed by atoms with Crippen LogP contribution < -0.4 is 0 Å². The normalized spacial score (nSPS) is 71.5. The molecule has 8 rings (SSSR count). The van der Waals surface area contributed by atoms with Crippen molar-refractivity contribution in [1.29, 1.82) is 0 Å². The van der Waals surface area contributed by atoms with E-state index >= 15 is 0 Å². The highest BCUT2D eigenvalue weighted by Crippen LogP contribution is 2.81. The van der Waals surface area contributed by atoms with Crippen molar-refractivity contribution in [1.82, 2.24) is 0 Å². The maximum absolute atomic E-state index is 13.0. The van der Waals surface area contributed by atoms with Gasteiger partial charge in [0.2, 0.25) is 0 Å². The Kier molecular flexibility index (Phi) is 1.76. The summed E-state index contributed by atoms with van der Waals surface area (Å²) >= 11 is 0. The SMILES string of the molecule is O=C1O[C@@H]2CC[C@H]3[C@@H]4[C@H]5C(=O)O[C@H]6CC[C@@H]7[C@@H]6[C@@H]5[C@H]5[C@@H]4[C@@H]([C@@H]1[C@H]75)[C@@H]32. The molecule has 6 aliphatic carbocycles. The Hall–Kier alpha value is -1.06. The quantitative estimate of drug-likeness (QED) is 0.638. The minimum atomic E-state index is 0.132. The van der Waals surface area contributed by atoms with Gasteiger partial charge >= 0.3 is 11.9 Å². The molecule has 0 spiro atoms. The third-order valence-electron chi connectivity index (χ3n) is 10.3. The molecule has 8 fully saturated rings. The fourth-order valence-corrected chi connectivity index (χ4v) is 10.5. The number of carbonyl (C=O) groups excluding carboxylic acids is 2.